The fraction of sp³-hybridized carbons (Fsp3) is 0.111. The Balaban J connectivity index is 2.00. The summed E-state index contributed by atoms with van der Waals surface area (Å²) in [5, 5.41) is 0. The molecule has 25 heavy (non-hydrogen) atoms. The van der Waals surface area contributed by atoms with Gasteiger partial charge in [0.05, 0.1) is 30.4 Å². The van der Waals surface area contributed by atoms with Crippen LogP contribution in [0.2, 0.25) is 0 Å². The van der Waals surface area contributed by atoms with Crippen LogP contribution in [0.5, 0.6) is 5.75 Å². The normalized spacial score (nSPS) is 11.8. The Labute approximate surface area is 142 Å². The lowest BCUT2D eigenvalue weighted by atomic mass is 10.1. The van der Waals surface area contributed by atoms with Gasteiger partial charge in [-0.05, 0) is 48.0 Å². The number of rotatable bonds is 4. The summed E-state index contributed by atoms with van der Waals surface area (Å²) in [4.78, 5) is 8.17. The van der Waals surface area contributed by atoms with Gasteiger partial charge in [0, 0.05) is 18.6 Å². The Kier molecular flexibility index (Phi) is 4.56. The molecule has 7 heteroatoms. The van der Waals surface area contributed by atoms with Gasteiger partial charge >= 0.3 is 6.18 Å². The summed E-state index contributed by atoms with van der Waals surface area (Å²) in [5.41, 5.74) is 0.701. The highest BCUT2D eigenvalue weighted by atomic mass is 19.4. The van der Waals surface area contributed by atoms with Gasteiger partial charge in [0.1, 0.15) is 5.75 Å². The smallest absolute Gasteiger partial charge is 0.416 e. The molecular formula is C18H14F3N3O. The summed E-state index contributed by atoms with van der Waals surface area (Å²) in [6.07, 6.45) is 1.78. The highest BCUT2D eigenvalue weighted by Crippen LogP contribution is 2.34. The van der Waals surface area contributed by atoms with E-state index in [9.17, 15) is 13.2 Å². The summed E-state index contributed by atoms with van der Waals surface area (Å²) in [7, 11) is 1.56. The van der Waals surface area contributed by atoms with E-state index in [1.54, 1.807) is 48.3 Å². The van der Waals surface area contributed by atoms with Gasteiger partial charge in [0.2, 0.25) is 0 Å². The minimum absolute atomic E-state index is 0.198. The molecule has 0 unspecified atom stereocenters. The molecule has 0 aliphatic carbocycles. The lowest BCUT2D eigenvalue weighted by Crippen LogP contribution is -2.05. The summed E-state index contributed by atoms with van der Waals surface area (Å²) in [5.74, 6) is 0.690. The van der Waals surface area contributed by atoms with Gasteiger partial charge in [-0.2, -0.15) is 13.2 Å². The maximum Gasteiger partial charge on any atom is 0.416 e. The molecule has 3 aromatic rings. The molecule has 0 N–H and O–H groups in total. The van der Waals surface area contributed by atoms with E-state index in [0.717, 1.165) is 17.7 Å². The number of nitrogens with zero attached hydrogens (tertiary/aromatic N) is 3. The van der Waals surface area contributed by atoms with Crippen molar-refractivity contribution in [2.45, 2.75) is 6.18 Å². The number of imidazole rings is 1. The van der Waals surface area contributed by atoms with Crippen LogP contribution < -0.4 is 4.74 Å². The van der Waals surface area contributed by atoms with Gasteiger partial charge in [-0.25, -0.2) is 4.98 Å². The molecule has 1 aromatic heterocycles. The second-order valence-corrected chi connectivity index (χ2v) is 5.20. The van der Waals surface area contributed by atoms with Crippen LogP contribution in [-0.2, 0) is 6.18 Å². The van der Waals surface area contributed by atoms with Crippen molar-refractivity contribution in [2.75, 3.05) is 7.11 Å². The van der Waals surface area contributed by atoms with Crippen LogP contribution in [0.1, 0.15) is 11.1 Å². The van der Waals surface area contributed by atoms with Crippen molar-refractivity contribution in [3.8, 4) is 11.4 Å². The minimum Gasteiger partial charge on any atom is -0.497 e. The van der Waals surface area contributed by atoms with Crippen LogP contribution in [0.3, 0.4) is 0 Å². The maximum absolute atomic E-state index is 13.0. The van der Waals surface area contributed by atoms with Crippen LogP contribution in [0.4, 0.5) is 18.9 Å². The van der Waals surface area contributed by atoms with Crippen LogP contribution in [-0.4, -0.2) is 22.9 Å². The quantitative estimate of drug-likeness (QED) is 0.646. The molecule has 0 saturated carbocycles. The average molecular weight is 345 g/mol. The van der Waals surface area contributed by atoms with Crippen LogP contribution in [0, 0.1) is 0 Å². The van der Waals surface area contributed by atoms with Crippen molar-refractivity contribution in [3.63, 3.8) is 0 Å². The molecule has 0 bridgehead atoms. The van der Waals surface area contributed by atoms with E-state index in [2.05, 4.69) is 9.98 Å². The van der Waals surface area contributed by atoms with E-state index >= 15 is 0 Å². The first-order chi connectivity index (χ1) is 12.0. The van der Waals surface area contributed by atoms with Crippen molar-refractivity contribution in [1.82, 2.24) is 9.55 Å². The topological polar surface area (TPSA) is 39.4 Å². The maximum atomic E-state index is 13.0. The number of benzene rings is 2. The largest absolute Gasteiger partial charge is 0.497 e. The molecule has 1 heterocycles. The van der Waals surface area contributed by atoms with Gasteiger partial charge in [-0.15, -0.1) is 0 Å². The highest BCUT2D eigenvalue weighted by molar-refractivity contribution is 5.83. The first-order valence-electron chi connectivity index (χ1n) is 7.35. The molecule has 4 nitrogen and oxygen atoms in total. The predicted molar refractivity (Wildman–Crippen MR) is 88.8 cm³/mol. The van der Waals surface area contributed by atoms with Gasteiger partial charge in [-0.3, -0.25) is 4.99 Å². The zero-order valence-corrected chi connectivity index (χ0v) is 13.2. The molecular weight excluding hydrogens is 331 g/mol. The number of hydrogen-bond acceptors (Lipinski definition) is 3. The third kappa shape index (κ3) is 3.88. The lowest BCUT2D eigenvalue weighted by molar-refractivity contribution is -0.137. The molecule has 0 saturated heterocycles. The summed E-state index contributed by atoms with van der Waals surface area (Å²) < 4.78 is 45.7. The number of aliphatic imine (C=N–C) groups is 1. The van der Waals surface area contributed by atoms with E-state index in [-0.39, 0.29) is 5.69 Å². The molecule has 0 aliphatic heterocycles. The third-order valence-electron chi connectivity index (χ3n) is 3.55. The molecule has 0 aliphatic rings. The van der Waals surface area contributed by atoms with E-state index in [1.165, 1.54) is 18.6 Å². The molecule has 3 rings (SSSR count). The Morgan fingerprint density at radius 2 is 1.88 bits per heavy atom. The third-order valence-corrected chi connectivity index (χ3v) is 3.55. The molecule has 2 aromatic carbocycles. The Morgan fingerprint density at radius 3 is 2.48 bits per heavy atom. The van der Waals surface area contributed by atoms with E-state index in [0.29, 0.717) is 11.4 Å². The lowest BCUT2D eigenvalue weighted by Gasteiger charge is -2.11. The second kappa shape index (κ2) is 6.80. The van der Waals surface area contributed by atoms with Crippen LogP contribution in [0.15, 0.2) is 66.2 Å². The highest BCUT2D eigenvalue weighted by Gasteiger charge is 2.31. The van der Waals surface area contributed by atoms with Crippen LogP contribution >= 0.6 is 0 Å². The number of aromatic nitrogens is 2. The first-order valence-corrected chi connectivity index (χ1v) is 7.35. The molecule has 0 amide bonds. The predicted octanol–water partition coefficient (Wildman–Crippen LogP) is 4.65. The van der Waals surface area contributed by atoms with Gasteiger partial charge in [0.25, 0.3) is 0 Å². The summed E-state index contributed by atoms with van der Waals surface area (Å²) in [6.45, 7) is 0. The molecule has 128 valence electrons. The molecule has 0 fully saturated rings. The number of ether oxygens (including phenoxy) is 1. The van der Waals surface area contributed by atoms with Crippen molar-refractivity contribution < 1.29 is 17.9 Å². The summed E-state index contributed by atoms with van der Waals surface area (Å²) >= 11 is 0. The van der Waals surface area contributed by atoms with E-state index in [4.69, 9.17) is 4.74 Å². The van der Waals surface area contributed by atoms with E-state index in [1.807, 2.05) is 0 Å². The Hall–Kier alpha value is -3.09. The van der Waals surface area contributed by atoms with Crippen molar-refractivity contribution in [1.29, 1.82) is 0 Å². The van der Waals surface area contributed by atoms with Crippen molar-refractivity contribution in [3.05, 3.63) is 72.3 Å². The molecule has 0 radical (unpaired) electrons. The van der Waals surface area contributed by atoms with Crippen molar-refractivity contribution in [2.24, 2.45) is 4.99 Å². The van der Waals surface area contributed by atoms with Crippen LogP contribution in [0.25, 0.3) is 5.69 Å². The SMILES string of the molecule is COc1ccc(C=Nc2cc(C(F)(F)F)ccc2-n2ccnc2)cc1. The Bertz CT molecular complexity index is 870. The zero-order chi connectivity index (χ0) is 17.9. The standard InChI is InChI=1S/C18H14F3N3O/c1-25-15-5-2-13(3-6-15)11-23-16-10-14(18(19,20)21)4-7-17(16)24-9-8-22-12-24/h2-12H,1H3. The average Bonchev–Trinajstić information content (AvgIpc) is 3.14. The number of alkyl halides is 3. The van der Waals surface area contributed by atoms with Gasteiger partial charge in [-0.1, -0.05) is 0 Å². The number of hydrogen-bond donors (Lipinski definition) is 0. The van der Waals surface area contributed by atoms with Gasteiger partial charge < -0.3 is 9.30 Å². The fourth-order valence-corrected chi connectivity index (χ4v) is 2.26. The monoisotopic (exact) mass is 345 g/mol. The number of halogens is 3. The van der Waals surface area contributed by atoms with Gasteiger partial charge in [0.15, 0.2) is 0 Å². The molecule has 0 spiro atoms. The van der Waals surface area contributed by atoms with E-state index < -0.39 is 11.7 Å². The fourth-order valence-electron chi connectivity index (χ4n) is 2.26. The second-order valence-electron chi connectivity index (χ2n) is 5.20. The zero-order valence-electron chi connectivity index (χ0n) is 13.2. The number of methoxy groups -OCH3 is 1. The summed E-state index contributed by atoms with van der Waals surface area (Å²) in [6, 6.07) is 10.5. The first kappa shape index (κ1) is 16.8. The Morgan fingerprint density at radius 1 is 1.12 bits per heavy atom. The van der Waals surface area contributed by atoms with Crippen molar-refractivity contribution >= 4 is 11.9 Å². The minimum atomic E-state index is -4.43. The molecule has 0 atom stereocenters.